The molecule has 0 aromatic heterocycles. The van der Waals surface area contributed by atoms with Crippen LogP contribution in [-0.4, -0.2) is 44.6 Å². The van der Waals surface area contributed by atoms with Gasteiger partial charge in [0.15, 0.2) is 0 Å². The van der Waals surface area contributed by atoms with E-state index >= 15 is 0 Å². The van der Waals surface area contributed by atoms with E-state index in [1.807, 2.05) is 0 Å². The van der Waals surface area contributed by atoms with E-state index in [0.717, 1.165) is 0 Å². The van der Waals surface area contributed by atoms with Gasteiger partial charge in [0.25, 0.3) is 0 Å². The molecule has 5 N–H and O–H groups in total. The number of aliphatic hydroxyl groups is 1. The van der Waals surface area contributed by atoms with E-state index in [1.165, 1.54) is 0 Å². The minimum absolute atomic E-state index is 0.309. The van der Waals surface area contributed by atoms with Crippen LogP contribution in [0.3, 0.4) is 0 Å². The number of carboxylic acids is 2. The Morgan fingerprint density at radius 3 is 2.20 bits per heavy atom. The lowest BCUT2D eigenvalue weighted by atomic mass is 9.90. The van der Waals surface area contributed by atoms with Gasteiger partial charge in [0.1, 0.15) is 5.54 Å². The minimum atomic E-state index is -2.69. The van der Waals surface area contributed by atoms with Gasteiger partial charge >= 0.3 is 11.9 Å². The first-order valence-corrected chi connectivity index (χ1v) is 4.39. The molecule has 0 aliphatic heterocycles. The molecule has 2 saturated carbocycles. The molecule has 0 saturated heterocycles. The number of rotatable bonds is 2. The number of aliphatic carboxylic acids is 2. The molecule has 0 amide bonds. The van der Waals surface area contributed by atoms with Crippen molar-refractivity contribution in [3.8, 4) is 0 Å². The average molecular weight is 219 g/mol. The molecule has 6 nitrogen and oxygen atoms in total. The monoisotopic (exact) mass is 219 g/mol. The van der Waals surface area contributed by atoms with Crippen molar-refractivity contribution in [2.45, 2.75) is 23.7 Å². The summed E-state index contributed by atoms with van der Waals surface area (Å²) in [4.78, 5) is 21.4. The molecule has 0 spiro atoms. The van der Waals surface area contributed by atoms with Crippen molar-refractivity contribution in [1.82, 2.24) is 0 Å². The highest BCUT2D eigenvalue weighted by molar-refractivity contribution is 5.90. The number of fused-ring (bicyclic) bond motifs is 1. The lowest BCUT2D eigenvalue weighted by Crippen LogP contribution is -2.53. The number of alkyl halides is 1. The van der Waals surface area contributed by atoms with E-state index in [2.05, 4.69) is 0 Å². The molecular weight excluding hydrogens is 209 g/mol. The number of carboxylic acid groups (broad SMARTS) is 2. The first-order valence-electron chi connectivity index (χ1n) is 4.39. The number of halogens is 1. The predicted molar refractivity (Wildman–Crippen MR) is 43.6 cm³/mol. The predicted octanol–water partition coefficient (Wildman–Crippen LogP) is -1.43. The summed E-state index contributed by atoms with van der Waals surface area (Å²) in [5.74, 6) is -5.77. The summed E-state index contributed by atoms with van der Waals surface area (Å²) in [6.45, 7) is 0. The third-order valence-corrected chi connectivity index (χ3v) is 3.43. The Balaban J connectivity index is 2.37. The Morgan fingerprint density at radius 1 is 1.33 bits per heavy atom. The zero-order valence-corrected chi connectivity index (χ0v) is 7.55. The Kier molecular flexibility index (Phi) is 1.70. The zero-order chi connectivity index (χ0) is 11.6. The van der Waals surface area contributed by atoms with Crippen LogP contribution >= 0.6 is 0 Å². The molecule has 5 atom stereocenters. The van der Waals surface area contributed by atoms with Gasteiger partial charge in [-0.2, -0.15) is 0 Å². The maximum absolute atomic E-state index is 13.7. The molecular formula is C8H10FNO5. The van der Waals surface area contributed by atoms with Gasteiger partial charge in [-0.1, -0.05) is 0 Å². The number of aliphatic hydroxyl groups excluding tert-OH is 1. The summed E-state index contributed by atoms with van der Waals surface area (Å²) in [6.07, 6.45) is -1.62. The van der Waals surface area contributed by atoms with Gasteiger partial charge in [-0.15, -0.1) is 0 Å². The van der Waals surface area contributed by atoms with Crippen LogP contribution in [0.15, 0.2) is 0 Å². The summed E-state index contributed by atoms with van der Waals surface area (Å²) < 4.78 is 13.7. The highest BCUT2D eigenvalue weighted by Crippen LogP contribution is 2.66. The van der Waals surface area contributed by atoms with Crippen LogP contribution in [-0.2, 0) is 9.59 Å². The Bertz CT molecular complexity index is 361. The highest BCUT2D eigenvalue weighted by Gasteiger charge is 2.85. The fraction of sp³-hybridized carbons (Fsp3) is 0.750. The molecule has 2 aliphatic carbocycles. The molecule has 2 rings (SSSR count). The van der Waals surface area contributed by atoms with Gasteiger partial charge in [-0.05, 0) is 0 Å². The normalized spacial score (nSPS) is 52.3. The first kappa shape index (κ1) is 10.3. The van der Waals surface area contributed by atoms with Crippen molar-refractivity contribution in [2.75, 3.05) is 0 Å². The Hall–Kier alpha value is -1.21. The van der Waals surface area contributed by atoms with Crippen molar-refractivity contribution >= 4 is 11.9 Å². The fourth-order valence-electron chi connectivity index (χ4n) is 2.68. The van der Waals surface area contributed by atoms with Crippen LogP contribution in [0.4, 0.5) is 4.39 Å². The van der Waals surface area contributed by atoms with Crippen LogP contribution < -0.4 is 5.73 Å². The van der Waals surface area contributed by atoms with Crippen LogP contribution in [0.25, 0.3) is 0 Å². The second-order valence-corrected chi connectivity index (χ2v) is 4.19. The zero-order valence-electron chi connectivity index (χ0n) is 7.55. The molecule has 0 heterocycles. The number of hydrogen-bond donors (Lipinski definition) is 4. The van der Waals surface area contributed by atoms with Gasteiger partial charge in [0, 0.05) is 18.3 Å². The third kappa shape index (κ3) is 0.941. The van der Waals surface area contributed by atoms with Gasteiger partial charge in [-0.3, -0.25) is 4.79 Å². The van der Waals surface area contributed by atoms with Crippen molar-refractivity contribution in [2.24, 2.45) is 17.6 Å². The largest absolute Gasteiger partial charge is 0.480 e. The molecule has 2 aliphatic rings. The summed E-state index contributed by atoms with van der Waals surface area (Å²) >= 11 is 0. The van der Waals surface area contributed by atoms with Crippen molar-refractivity contribution < 1.29 is 29.3 Å². The first-order chi connectivity index (χ1) is 6.76. The molecule has 2 fully saturated rings. The van der Waals surface area contributed by atoms with Crippen molar-refractivity contribution in [3.05, 3.63) is 0 Å². The lowest BCUT2D eigenvalue weighted by molar-refractivity contribution is -0.151. The van der Waals surface area contributed by atoms with Gasteiger partial charge in [0.2, 0.25) is 5.67 Å². The van der Waals surface area contributed by atoms with E-state index < -0.39 is 41.1 Å². The van der Waals surface area contributed by atoms with E-state index in [1.54, 1.807) is 0 Å². The number of hydrogen-bond acceptors (Lipinski definition) is 4. The van der Waals surface area contributed by atoms with Gasteiger partial charge < -0.3 is 21.1 Å². The summed E-state index contributed by atoms with van der Waals surface area (Å²) in [7, 11) is 0. The quantitative estimate of drug-likeness (QED) is 0.452. The second-order valence-electron chi connectivity index (χ2n) is 4.19. The maximum Gasteiger partial charge on any atom is 0.342 e. The highest BCUT2D eigenvalue weighted by atomic mass is 19.1. The van der Waals surface area contributed by atoms with Gasteiger partial charge in [0.05, 0.1) is 6.10 Å². The Morgan fingerprint density at radius 2 is 1.87 bits per heavy atom. The third-order valence-electron chi connectivity index (χ3n) is 3.43. The molecule has 1 unspecified atom stereocenters. The van der Waals surface area contributed by atoms with Crippen LogP contribution in [0.5, 0.6) is 0 Å². The minimum Gasteiger partial charge on any atom is -0.480 e. The van der Waals surface area contributed by atoms with Crippen molar-refractivity contribution in [1.29, 1.82) is 0 Å². The van der Waals surface area contributed by atoms with Crippen molar-refractivity contribution in [3.63, 3.8) is 0 Å². The standard InChI is InChI=1S/C8H10FNO5/c9-8(6(14)15)3-2(11)1-7(10,4(3)8)5(12)13/h2-4,11H,1,10H2,(H,12,13)(H,14,15)/t2?,3-,4-,7+,8-/m1/s1. The van der Waals surface area contributed by atoms with E-state index in [4.69, 9.17) is 15.9 Å². The molecule has 84 valence electrons. The van der Waals surface area contributed by atoms with E-state index in [9.17, 15) is 19.1 Å². The average Bonchev–Trinajstić information content (AvgIpc) is 2.63. The van der Waals surface area contributed by atoms with Crippen LogP contribution in [0.1, 0.15) is 6.42 Å². The maximum atomic E-state index is 13.7. The summed E-state index contributed by atoms with van der Waals surface area (Å²) in [5, 5.41) is 26.8. The molecule has 7 heteroatoms. The van der Waals surface area contributed by atoms with E-state index in [0.29, 0.717) is 0 Å². The molecule has 0 aromatic rings. The SMILES string of the molecule is N[C@@]1(C(=O)O)CC(O)[C@@H]2[C@H]1[C@@]2(F)C(=O)O. The fourth-order valence-corrected chi connectivity index (χ4v) is 2.68. The summed E-state index contributed by atoms with van der Waals surface area (Å²) in [6, 6.07) is 0. The topological polar surface area (TPSA) is 121 Å². The van der Waals surface area contributed by atoms with Gasteiger partial charge in [-0.25, -0.2) is 9.18 Å². The number of nitrogens with two attached hydrogens (primary N) is 1. The molecule has 0 bridgehead atoms. The van der Waals surface area contributed by atoms with E-state index in [-0.39, 0.29) is 6.42 Å². The van der Waals surface area contributed by atoms with Crippen LogP contribution in [0, 0.1) is 11.8 Å². The molecule has 0 radical (unpaired) electrons. The summed E-state index contributed by atoms with van der Waals surface area (Å²) in [5.41, 5.74) is 0.763. The smallest absolute Gasteiger partial charge is 0.342 e. The lowest BCUT2D eigenvalue weighted by Gasteiger charge is -2.24. The molecule has 15 heavy (non-hydrogen) atoms. The van der Waals surface area contributed by atoms with Crippen LogP contribution in [0.2, 0.25) is 0 Å². The molecule has 0 aromatic carbocycles. The Labute approximate surface area is 83.5 Å². The second kappa shape index (κ2) is 2.48. The number of carbonyl (C=O) groups is 2.